The van der Waals surface area contributed by atoms with Crippen LogP contribution in [0.15, 0.2) is 12.1 Å². The quantitative estimate of drug-likeness (QED) is 0.779. The van der Waals surface area contributed by atoms with Gasteiger partial charge < -0.3 is 9.47 Å². The van der Waals surface area contributed by atoms with E-state index < -0.39 is 11.6 Å². The molecule has 1 fully saturated rings. The van der Waals surface area contributed by atoms with Gasteiger partial charge in [0, 0.05) is 18.7 Å². The molecule has 2 rings (SSSR count). The van der Waals surface area contributed by atoms with Crippen molar-refractivity contribution in [3.8, 4) is 5.75 Å². The van der Waals surface area contributed by atoms with Crippen LogP contribution in [0.3, 0.4) is 0 Å². The Morgan fingerprint density at radius 2 is 1.95 bits per heavy atom. The summed E-state index contributed by atoms with van der Waals surface area (Å²) in [6.45, 7) is -0.233. The molecule has 110 valence electrons. The molecule has 0 heterocycles. The van der Waals surface area contributed by atoms with Crippen LogP contribution in [0.4, 0.5) is 8.78 Å². The van der Waals surface area contributed by atoms with Crippen LogP contribution >= 0.6 is 0 Å². The maximum atomic E-state index is 13.8. The van der Waals surface area contributed by atoms with Crippen molar-refractivity contribution >= 4 is 6.29 Å². The molecule has 1 aliphatic rings. The van der Waals surface area contributed by atoms with E-state index in [1.165, 1.54) is 6.07 Å². The zero-order chi connectivity index (χ0) is 14.5. The first-order chi connectivity index (χ1) is 9.65. The fourth-order valence-corrected chi connectivity index (χ4v) is 2.76. The minimum Gasteiger partial charge on any atom is -0.483 e. The maximum absolute atomic E-state index is 13.8. The third kappa shape index (κ3) is 3.33. The number of rotatable bonds is 5. The summed E-state index contributed by atoms with van der Waals surface area (Å²) in [4.78, 5) is 10.4. The number of hydrogen-bond donors (Lipinski definition) is 0. The van der Waals surface area contributed by atoms with E-state index in [0.29, 0.717) is 11.8 Å². The summed E-state index contributed by atoms with van der Waals surface area (Å²) in [7, 11) is 1.67. The molecule has 0 spiro atoms. The molecule has 0 aromatic heterocycles. The Bertz CT molecular complexity index is 468. The normalized spacial score (nSPS) is 22.6. The number of ether oxygens (including phenoxy) is 2. The van der Waals surface area contributed by atoms with Gasteiger partial charge in [-0.3, -0.25) is 4.79 Å². The number of benzene rings is 1. The lowest BCUT2D eigenvalue weighted by Gasteiger charge is -2.29. The molecule has 0 bridgehead atoms. The summed E-state index contributed by atoms with van der Waals surface area (Å²) in [5.41, 5.74) is 0.513. The Labute approximate surface area is 116 Å². The summed E-state index contributed by atoms with van der Waals surface area (Å²) >= 11 is 0. The van der Waals surface area contributed by atoms with E-state index in [4.69, 9.17) is 9.47 Å². The molecule has 1 aromatic carbocycles. The summed E-state index contributed by atoms with van der Waals surface area (Å²) in [6.07, 6.45) is 4.05. The lowest BCUT2D eigenvalue weighted by Crippen LogP contribution is -2.20. The van der Waals surface area contributed by atoms with Gasteiger partial charge in [-0.05, 0) is 37.7 Å². The van der Waals surface area contributed by atoms with Crippen LogP contribution in [0.1, 0.15) is 37.2 Å². The number of hydrogen-bond acceptors (Lipinski definition) is 3. The average Bonchev–Trinajstić information content (AvgIpc) is 2.46. The Kier molecular flexibility index (Phi) is 5.06. The van der Waals surface area contributed by atoms with Crippen LogP contribution < -0.4 is 4.74 Å². The maximum Gasteiger partial charge on any atom is 0.168 e. The fraction of sp³-hybridized carbons (Fsp3) is 0.533. The molecule has 0 aliphatic heterocycles. The molecule has 1 aliphatic carbocycles. The third-order valence-corrected chi connectivity index (χ3v) is 3.78. The van der Waals surface area contributed by atoms with Gasteiger partial charge in [0.15, 0.2) is 17.9 Å². The minimum absolute atomic E-state index is 0.000586. The van der Waals surface area contributed by atoms with Crippen LogP contribution in [0.2, 0.25) is 0 Å². The topological polar surface area (TPSA) is 35.5 Å². The van der Waals surface area contributed by atoms with E-state index in [1.807, 2.05) is 0 Å². The molecule has 0 saturated heterocycles. The van der Waals surface area contributed by atoms with E-state index in [0.717, 1.165) is 31.7 Å². The Morgan fingerprint density at radius 3 is 2.55 bits per heavy atom. The summed E-state index contributed by atoms with van der Waals surface area (Å²) in [5, 5.41) is 0. The monoisotopic (exact) mass is 284 g/mol. The first kappa shape index (κ1) is 14.9. The predicted molar refractivity (Wildman–Crippen MR) is 69.9 cm³/mol. The van der Waals surface area contributed by atoms with Crippen molar-refractivity contribution in [1.82, 2.24) is 0 Å². The van der Waals surface area contributed by atoms with Gasteiger partial charge >= 0.3 is 0 Å². The molecule has 0 amide bonds. The zero-order valence-electron chi connectivity index (χ0n) is 11.4. The van der Waals surface area contributed by atoms with Crippen molar-refractivity contribution in [3.63, 3.8) is 0 Å². The van der Waals surface area contributed by atoms with Crippen molar-refractivity contribution < 1.29 is 23.0 Å². The Balaban J connectivity index is 2.23. The predicted octanol–water partition coefficient (Wildman–Crippen LogP) is 3.22. The van der Waals surface area contributed by atoms with Crippen LogP contribution in [-0.4, -0.2) is 26.1 Å². The molecular formula is C15H18F2O3. The van der Waals surface area contributed by atoms with Crippen molar-refractivity contribution in [3.05, 3.63) is 29.3 Å². The van der Waals surface area contributed by atoms with Crippen LogP contribution in [0.5, 0.6) is 5.75 Å². The number of halogens is 2. The van der Waals surface area contributed by atoms with Crippen molar-refractivity contribution in [2.24, 2.45) is 0 Å². The lowest BCUT2D eigenvalue weighted by molar-refractivity contribution is -0.109. The zero-order valence-corrected chi connectivity index (χ0v) is 11.4. The van der Waals surface area contributed by atoms with Gasteiger partial charge in [-0.15, -0.1) is 0 Å². The molecule has 0 N–H and O–H groups in total. The third-order valence-electron chi connectivity index (χ3n) is 3.78. The SMILES string of the molecule is COC1CCC(c2cc(F)cc(F)c2OCC=O)CC1. The van der Waals surface area contributed by atoms with E-state index in [1.54, 1.807) is 7.11 Å². The van der Waals surface area contributed by atoms with Crippen molar-refractivity contribution in [2.45, 2.75) is 37.7 Å². The van der Waals surface area contributed by atoms with Crippen LogP contribution in [-0.2, 0) is 9.53 Å². The van der Waals surface area contributed by atoms with Crippen molar-refractivity contribution in [2.75, 3.05) is 13.7 Å². The Morgan fingerprint density at radius 1 is 1.25 bits per heavy atom. The molecule has 1 saturated carbocycles. The van der Waals surface area contributed by atoms with Gasteiger partial charge in [0.1, 0.15) is 12.4 Å². The smallest absolute Gasteiger partial charge is 0.168 e. The number of aldehydes is 1. The second-order valence-corrected chi connectivity index (χ2v) is 4.99. The standard InChI is InChI=1S/C15H18F2O3/c1-19-12-4-2-10(3-5-12)13-8-11(16)9-14(17)15(13)20-7-6-18/h6,8-10,12H,2-5,7H2,1H3. The first-order valence-electron chi connectivity index (χ1n) is 6.74. The van der Waals surface area contributed by atoms with Crippen LogP contribution in [0.25, 0.3) is 0 Å². The Hall–Kier alpha value is -1.49. The molecule has 0 atom stereocenters. The van der Waals surface area contributed by atoms with E-state index >= 15 is 0 Å². The number of carbonyl (C=O) groups excluding carboxylic acids is 1. The van der Waals surface area contributed by atoms with E-state index in [9.17, 15) is 13.6 Å². The van der Waals surface area contributed by atoms with E-state index in [-0.39, 0.29) is 24.4 Å². The molecule has 1 aromatic rings. The van der Waals surface area contributed by atoms with Crippen molar-refractivity contribution in [1.29, 1.82) is 0 Å². The van der Waals surface area contributed by atoms with Gasteiger partial charge in [0.2, 0.25) is 0 Å². The van der Waals surface area contributed by atoms with Gasteiger partial charge in [-0.1, -0.05) is 0 Å². The van der Waals surface area contributed by atoms with Gasteiger partial charge in [0.25, 0.3) is 0 Å². The first-order valence-corrected chi connectivity index (χ1v) is 6.74. The second kappa shape index (κ2) is 6.79. The molecule has 5 heteroatoms. The summed E-state index contributed by atoms with van der Waals surface area (Å²) in [5.74, 6) is -1.34. The summed E-state index contributed by atoms with van der Waals surface area (Å²) < 4.78 is 37.7. The molecule has 20 heavy (non-hydrogen) atoms. The highest BCUT2D eigenvalue weighted by atomic mass is 19.1. The second-order valence-electron chi connectivity index (χ2n) is 4.99. The lowest BCUT2D eigenvalue weighted by atomic mass is 9.82. The molecule has 0 radical (unpaired) electrons. The van der Waals surface area contributed by atoms with Gasteiger partial charge in [0.05, 0.1) is 6.10 Å². The largest absolute Gasteiger partial charge is 0.483 e. The van der Waals surface area contributed by atoms with Crippen LogP contribution in [0, 0.1) is 11.6 Å². The highest BCUT2D eigenvalue weighted by Gasteiger charge is 2.26. The number of methoxy groups -OCH3 is 1. The number of carbonyl (C=O) groups is 1. The fourth-order valence-electron chi connectivity index (χ4n) is 2.76. The van der Waals surface area contributed by atoms with Gasteiger partial charge in [-0.25, -0.2) is 8.78 Å². The van der Waals surface area contributed by atoms with E-state index in [2.05, 4.69) is 0 Å². The highest BCUT2D eigenvalue weighted by molar-refractivity contribution is 5.52. The van der Waals surface area contributed by atoms with Gasteiger partial charge in [-0.2, -0.15) is 0 Å². The average molecular weight is 284 g/mol. The minimum atomic E-state index is -0.754. The highest BCUT2D eigenvalue weighted by Crippen LogP contribution is 2.39. The molecule has 0 unspecified atom stereocenters. The summed E-state index contributed by atoms with van der Waals surface area (Å²) in [6, 6.07) is 2.09. The molecule has 3 nitrogen and oxygen atoms in total. The molecular weight excluding hydrogens is 266 g/mol.